The van der Waals surface area contributed by atoms with Crippen molar-refractivity contribution in [3.05, 3.63) is 101 Å². The zero-order valence-electron chi connectivity index (χ0n) is 16.9. The molecule has 3 aromatic carbocycles. The predicted octanol–water partition coefficient (Wildman–Crippen LogP) is 6.09. The molecule has 0 heterocycles. The van der Waals surface area contributed by atoms with E-state index in [1.807, 2.05) is 67.6 Å². The van der Waals surface area contributed by atoms with Gasteiger partial charge in [0.2, 0.25) is 0 Å². The maximum absolute atomic E-state index is 12.6. The molecule has 0 saturated carbocycles. The van der Waals surface area contributed by atoms with Gasteiger partial charge in [0.25, 0.3) is 0 Å². The van der Waals surface area contributed by atoms with Gasteiger partial charge >= 0.3 is 5.97 Å². The van der Waals surface area contributed by atoms with Crippen molar-refractivity contribution in [2.75, 3.05) is 13.7 Å². The van der Waals surface area contributed by atoms with Gasteiger partial charge in [-0.25, -0.2) is 4.79 Å². The van der Waals surface area contributed by atoms with Crippen LogP contribution in [0.25, 0.3) is 6.08 Å². The molecule has 3 aromatic rings. The van der Waals surface area contributed by atoms with E-state index < -0.39 is 12.1 Å². The van der Waals surface area contributed by atoms with Crippen molar-refractivity contribution in [3.8, 4) is 11.5 Å². The molecule has 0 aliphatic heterocycles. The zero-order valence-corrected chi connectivity index (χ0v) is 17.6. The van der Waals surface area contributed by atoms with Crippen molar-refractivity contribution in [1.82, 2.24) is 0 Å². The Labute approximate surface area is 181 Å². The van der Waals surface area contributed by atoms with E-state index in [1.54, 1.807) is 18.2 Å². The molecule has 0 spiro atoms. The highest BCUT2D eigenvalue weighted by Gasteiger charge is 2.17. The van der Waals surface area contributed by atoms with Gasteiger partial charge in [-0.05, 0) is 41.8 Å². The van der Waals surface area contributed by atoms with Crippen LogP contribution < -0.4 is 9.47 Å². The van der Waals surface area contributed by atoms with Gasteiger partial charge in [-0.15, -0.1) is 0 Å². The second-order valence-electron chi connectivity index (χ2n) is 6.44. The van der Waals surface area contributed by atoms with Crippen molar-refractivity contribution in [2.45, 2.75) is 13.0 Å². The molecule has 0 fully saturated rings. The average molecular weight is 423 g/mol. The highest BCUT2D eigenvalue weighted by atomic mass is 35.5. The fourth-order valence-electron chi connectivity index (χ4n) is 3.05. The van der Waals surface area contributed by atoms with Crippen molar-refractivity contribution in [3.63, 3.8) is 0 Å². The minimum Gasteiger partial charge on any atom is -0.491 e. The second kappa shape index (κ2) is 10.5. The second-order valence-corrected chi connectivity index (χ2v) is 6.85. The first-order valence-electron chi connectivity index (χ1n) is 9.61. The normalized spacial score (nSPS) is 10.9. The van der Waals surface area contributed by atoms with Gasteiger partial charge < -0.3 is 14.2 Å². The number of rotatable bonds is 8. The monoisotopic (exact) mass is 422 g/mol. The highest BCUT2D eigenvalue weighted by Crippen LogP contribution is 2.36. The standard InChI is InChI=1S/C25H23ClO4/c1-3-29-22-17-18(16-21(26)25(22)28-2)14-15-23(27)30-24(19-10-6-4-7-11-19)20-12-8-5-9-13-20/h4-17,24H,3H2,1-2H3/b15-14+. The molecule has 0 aromatic heterocycles. The van der Waals surface area contributed by atoms with Crippen LogP contribution in [0.1, 0.15) is 29.7 Å². The number of carbonyl (C=O) groups excluding carboxylic acids is 1. The number of carbonyl (C=O) groups is 1. The van der Waals surface area contributed by atoms with Crippen LogP contribution in [0.15, 0.2) is 78.9 Å². The van der Waals surface area contributed by atoms with E-state index in [9.17, 15) is 4.79 Å². The number of halogens is 1. The zero-order chi connectivity index (χ0) is 21.3. The summed E-state index contributed by atoms with van der Waals surface area (Å²) in [4.78, 5) is 12.6. The molecule has 5 heteroatoms. The number of ether oxygens (including phenoxy) is 3. The van der Waals surface area contributed by atoms with Gasteiger partial charge in [-0.3, -0.25) is 0 Å². The number of methoxy groups -OCH3 is 1. The van der Waals surface area contributed by atoms with Crippen LogP contribution in [-0.4, -0.2) is 19.7 Å². The Bertz CT molecular complexity index is 961. The number of benzene rings is 3. The van der Waals surface area contributed by atoms with Crippen LogP contribution in [-0.2, 0) is 9.53 Å². The smallest absolute Gasteiger partial charge is 0.331 e. The third-order valence-electron chi connectivity index (χ3n) is 4.39. The molecule has 0 bridgehead atoms. The van der Waals surface area contributed by atoms with E-state index >= 15 is 0 Å². The summed E-state index contributed by atoms with van der Waals surface area (Å²) in [6.45, 7) is 2.35. The third kappa shape index (κ3) is 5.43. The van der Waals surface area contributed by atoms with Gasteiger partial charge in [-0.1, -0.05) is 72.3 Å². The summed E-state index contributed by atoms with van der Waals surface area (Å²) in [6, 6.07) is 22.8. The third-order valence-corrected chi connectivity index (χ3v) is 4.67. The summed E-state index contributed by atoms with van der Waals surface area (Å²) in [5.41, 5.74) is 2.50. The molecule has 0 N–H and O–H groups in total. The molecular formula is C25H23ClO4. The fourth-order valence-corrected chi connectivity index (χ4v) is 3.35. The van der Waals surface area contributed by atoms with Gasteiger partial charge in [0.05, 0.1) is 18.7 Å². The number of hydrogen-bond acceptors (Lipinski definition) is 4. The van der Waals surface area contributed by atoms with E-state index in [4.69, 9.17) is 25.8 Å². The Morgan fingerprint density at radius 3 is 2.13 bits per heavy atom. The molecule has 0 aliphatic carbocycles. The van der Waals surface area contributed by atoms with Crippen LogP contribution in [0.3, 0.4) is 0 Å². The summed E-state index contributed by atoms with van der Waals surface area (Å²) in [5.74, 6) is 0.524. The average Bonchev–Trinajstić information content (AvgIpc) is 2.77. The van der Waals surface area contributed by atoms with Gasteiger partial charge in [0.1, 0.15) is 0 Å². The molecule has 154 valence electrons. The van der Waals surface area contributed by atoms with Crippen LogP contribution in [0, 0.1) is 0 Å². The number of hydrogen-bond donors (Lipinski definition) is 0. The lowest BCUT2D eigenvalue weighted by atomic mass is 10.0. The molecule has 3 rings (SSSR count). The van der Waals surface area contributed by atoms with E-state index in [-0.39, 0.29) is 0 Å². The lowest BCUT2D eigenvalue weighted by Gasteiger charge is -2.18. The Hall–Kier alpha value is -3.24. The Balaban J connectivity index is 1.81. The predicted molar refractivity (Wildman–Crippen MR) is 119 cm³/mol. The van der Waals surface area contributed by atoms with Crippen molar-refractivity contribution in [1.29, 1.82) is 0 Å². The Morgan fingerprint density at radius 2 is 1.60 bits per heavy atom. The van der Waals surface area contributed by atoms with E-state index in [2.05, 4.69) is 0 Å². The molecule has 0 saturated heterocycles. The minimum atomic E-state index is -0.497. The molecule has 0 aliphatic rings. The summed E-state index contributed by atoms with van der Waals surface area (Å²) < 4.78 is 16.6. The Morgan fingerprint density at radius 1 is 1.00 bits per heavy atom. The van der Waals surface area contributed by atoms with E-state index in [0.717, 1.165) is 11.1 Å². The summed E-state index contributed by atoms with van der Waals surface area (Å²) in [7, 11) is 1.53. The molecule has 0 unspecified atom stereocenters. The van der Waals surface area contributed by atoms with Gasteiger partial charge in [0, 0.05) is 6.08 Å². The fraction of sp³-hybridized carbons (Fsp3) is 0.160. The van der Waals surface area contributed by atoms with Crippen LogP contribution >= 0.6 is 11.6 Å². The largest absolute Gasteiger partial charge is 0.491 e. The summed E-state index contributed by atoms with van der Waals surface area (Å²) in [6.07, 6.45) is 2.53. The SMILES string of the molecule is CCOc1cc(/C=C/C(=O)OC(c2ccccc2)c2ccccc2)cc(Cl)c1OC. The molecule has 30 heavy (non-hydrogen) atoms. The Kier molecular flexibility index (Phi) is 7.52. The highest BCUT2D eigenvalue weighted by molar-refractivity contribution is 6.32. The number of esters is 1. The van der Waals surface area contributed by atoms with E-state index in [1.165, 1.54) is 13.2 Å². The lowest BCUT2D eigenvalue weighted by molar-refractivity contribution is -0.141. The van der Waals surface area contributed by atoms with Gasteiger partial charge in [-0.2, -0.15) is 0 Å². The molecule has 4 nitrogen and oxygen atoms in total. The van der Waals surface area contributed by atoms with Crippen LogP contribution in [0.5, 0.6) is 11.5 Å². The topological polar surface area (TPSA) is 44.8 Å². The van der Waals surface area contributed by atoms with Crippen molar-refractivity contribution in [2.24, 2.45) is 0 Å². The first kappa shape index (κ1) is 21.5. The first-order valence-corrected chi connectivity index (χ1v) is 9.99. The maximum Gasteiger partial charge on any atom is 0.331 e. The molecular weight excluding hydrogens is 400 g/mol. The first-order chi connectivity index (χ1) is 14.6. The summed E-state index contributed by atoms with van der Waals surface area (Å²) in [5, 5.41) is 0.405. The minimum absolute atomic E-state index is 0.405. The molecule has 0 atom stereocenters. The lowest BCUT2D eigenvalue weighted by Crippen LogP contribution is -2.10. The van der Waals surface area contributed by atoms with Crippen molar-refractivity contribution >= 4 is 23.6 Å². The summed E-state index contributed by atoms with van der Waals surface area (Å²) >= 11 is 6.28. The molecule has 0 radical (unpaired) electrons. The van der Waals surface area contributed by atoms with Crippen molar-refractivity contribution < 1.29 is 19.0 Å². The van der Waals surface area contributed by atoms with Gasteiger partial charge in [0.15, 0.2) is 17.6 Å². The van der Waals surface area contributed by atoms with Crippen LogP contribution in [0.4, 0.5) is 0 Å². The van der Waals surface area contributed by atoms with Crippen LogP contribution in [0.2, 0.25) is 5.02 Å². The quantitative estimate of drug-likeness (QED) is 0.325. The maximum atomic E-state index is 12.6. The van der Waals surface area contributed by atoms with E-state index in [0.29, 0.717) is 28.7 Å². The molecule has 0 amide bonds.